The number of carbonyl (C=O) groups excluding carboxylic acids is 3. The van der Waals surface area contributed by atoms with Crippen LogP contribution in [-0.2, 0) is 22.7 Å². The van der Waals surface area contributed by atoms with Gasteiger partial charge in [-0.25, -0.2) is 0 Å². The van der Waals surface area contributed by atoms with Crippen molar-refractivity contribution in [3.63, 3.8) is 0 Å². The molecule has 1 aromatic rings. The van der Waals surface area contributed by atoms with Gasteiger partial charge in [0.25, 0.3) is 5.91 Å². The number of nitrogens with zero attached hydrogens (tertiary/aromatic N) is 1. The number of hydrogen-bond donors (Lipinski definition) is 4. The van der Waals surface area contributed by atoms with E-state index in [0.717, 1.165) is 24.1 Å². The van der Waals surface area contributed by atoms with Crippen LogP contribution in [-0.4, -0.2) is 59.0 Å². The molecule has 4 rings (SSSR count). The Morgan fingerprint density at radius 2 is 2.07 bits per heavy atom. The Kier molecular flexibility index (Phi) is 4.94. The molecule has 4 N–H and O–H groups in total. The summed E-state index contributed by atoms with van der Waals surface area (Å²) in [6, 6.07) is 5.21. The summed E-state index contributed by atoms with van der Waals surface area (Å²) in [4.78, 5) is 37.8. The molecule has 144 valence electrons. The van der Waals surface area contributed by atoms with Crippen LogP contribution in [0.15, 0.2) is 18.2 Å². The topological polar surface area (TPSA) is 111 Å². The lowest BCUT2D eigenvalue weighted by Gasteiger charge is -2.29. The average molecular weight is 372 g/mol. The number of nitrogens with one attached hydrogen (secondary N) is 3. The van der Waals surface area contributed by atoms with Gasteiger partial charge in [-0.1, -0.05) is 12.1 Å². The summed E-state index contributed by atoms with van der Waals surface area (Å²) >= 11 is 0. The molecule has 0 radical (unpaired) electrons. The monoisotopic (exact) mass is 372 g/mol. The molecule has 0 spiro atoms. The molecule has 3 aliphatic heterocycles. The van der Waals surface area contributed by atoms with E-state index in [-0.39, 0.29) is 24.3 Å². The molecular weight excluding hydrogens is 348 g/mol. The normalized spacial score (nSPS) is 28.3. The van der Waals surface area contributed by atoms with Crippen molar-refractivity contribution >= 4 is 17.7 Å². The van der Waals surface area contributed by atoms with Crippen molar-refractivity contribution in [2.24, 2.45) is 0 Å². The highest BCUT2D eigenvalue weighted by atomic mass is 16.3. The number of amides is 3. The highest BCUT2D eigenvalue weighted by molar-refractivity contribution is 6.05. The van der Waals surface area contributed by atoms with Crippen LogP contribution in [0.5, 0.6) is 0 Å². The first-order valence-electron chi connectivity index (χ1n) is 9.41. The number of aliphatic hydroxyl groups excluding tert-OH is 1. The summed E-state index contributed by atoms with van der Waals surface area (Å²) in [5.41, 5.74) is 2.48. The zero-order valence-corrected chi connectivity index (χ0v) is 15.0. The standard InChI is InChI=1S/C19H24N4O4/c24-16-9-20-6-5-14(16)21-8-11-1-2-12-10-23(19(27)13(12)7-11)15-3-4-17(25)22-18(15)26/h1-2,7,14-16,20-21,24H,3-6,8-10H2,(H,22,25,26)/t14-,15?,16-/m1/s1. The van der Waals surface area contributed by atoms with Gasteiger partial charge in [-0.15, -0.1) is 0 Å². The predicted octanol–water partition coefficient (Wildman–Crippen LogP) is -0.740. The van der Waals surface area contributed by atoms with E-state index in [1.165, 1.54) is 0 Å². The van der Waals surface area contributed by atoms with Crippen LogP contribution in [0, 0.1) is 0 Å². The second-order valence-electron chi connectivity index (χ2n) is 7.44. The van der Waals surface area contributed by atoms with Crippen molar-refractivity contribution < 1.29 is 19.5 Å². The zero-order chi connectivity index (χ0) is 19.0. The van der Waals surface area contributed by atoms with Gasteiger partial charge in [0.15, 0.2) is 0 Å². The lowest BCUT2D eigenvalue weighted by atomic mass is 10.0. The summed E-state index contributed by atoms with van der Waals surface area (Å²) < 4.78 is 0. The molecular formula is C19H24N4O4. The molecule has 0 aromatic heterocycles. The van der Waals surface area contributed by atoms with E-state index in [4.69, 9.17) is 0 Å². The molecule has 0 aliphatic carbocycles. The van der Waals surface area contributed by atoms with Gasteiger partial charge in [0, 0.05) is 37.7 Å². The molecule has 2 fully saturated rings. The maximum absolute atomic E-state index is 12.8. The van der Waals surface area contributed by atoms with Gasteiger partial charge in [-0.05, 0) is 36.6 Å². The Balaban J connectivity index is 1.43. The van der Waals surface area contributed by atoms with E-state index >= 15 is 0 Å². The Bertz CT molecular complexity index is 781. The lowest BCUT2D eigenvalue weighted by Crippen LogP contribution is -2.52. The Hall–Kier alpha value is -2.29. The quantitative estimate of drug-likeness (QED) is 0.518. The maximum Gasteiger partial charge on any atom is 0.255 e. The summed E-state index contributed by atoms with van der Waals surface area (Å²) in [7, 11) is 0. The fraction of sp³-hybridized carbons (Fsp3) is 0.526. The highest BCUT2D eigenvalue weighted by Crippen LogP contribution is 2.28. The summed E-state index contributed by atoms with van der Waals surface area (Å²) in [5.74, 6) is -0.841. The van der Waals surface area contributed by atoms with Crippen LogP contribution in [0.4, 0.5) is 0 Å². The van der Waals surface area contributed by atoms with Crippen molar-refractivity contribution in [3.05, 3.63) is 34.9 Å². The van der Waals surface area contributed by atoms with E-state index in [2.05, 4.69) is 16.0 Å². The Labute approximate surface area is 157 Å². The van der Waals surface area contributed by atoms with E-state index in [0.29, 0.717) is 31.6 Å². The SMILES string of the molecule is O=C1CCC(N2Cc3ccc(CN[C@@H]4CCNC[C@H]4O)cc3C2=O)C(=O)N1. The molecule has 8 heteroatoms. The van der Waals surface area contributed by atoms with E-state index in [9.17, 15) is 19.5 Å². The van der Waals surface area contributed by atoms with Gasteiger partial charge in [0.2, 0.25) is 11.8 Å². The lowest BCUT2D eigenvalue weighted by molar-refractivity contribution is -0.136. The van der Waals surface area contributed by atoms with Crippen LogP contribution < -0.4 is 16.0 Å². The fourth-order valence-electron chi connectivity index (χ4n) is 4.04. The van der Waals surface area contributed by atoms with Gasteiger partial charge >= 0.3 is 0 Å². The number of carbonyl (C=O) groups is 3. The van der Waals surface area contributed by atoms with Crippen molar-refractivity contribution in [2.45, 2.75) is 50.5 Å². The molecule has 3 amide bonds. The highest BCUT2D eigenvalue weighted by Gasteiger charge is 2.39. The largest absolute Gasteiger partial charge is 0.390 e. The van der Waals surface area contributed by atoms with Crippen LogP contribution in [0.3, 0.4) is 0 Å². The fourth-order valence-corrected chi connectivity index (χ4v) is 4.04. The summed E-state index contributed by atoms with van der Waals surface area (Å²) in [6.45, 7) is 2.42. The number of piperidine rings is 2. The number of benzene rings is 1. The van der Waals surface area contributed by atoms with Crippen molar-refractivity contribution in [2.75, 3.05) is 13.1 Å². The van der Waals surface area contributed by atoms with Gasteiger partial charge in [0.05, 0.1) is 6.10 Å². The first-order chi connectivity index (χ1) is 13.0. The molecule has 1 aromatic carbocycles. The van der Waals surface area contributed by atoms with Crippen LogP contribution >= 0.6 is 0 Å². The number of rotatable bonds is 4. The maximum atomic E-state index is 12.8. The smallest absolute Gasteiger partial charge is 0.255 e. The molecule has 0 saturated carbocycles. The molecule has 3 heterocycles. The Morgan fingerprint density at radius 3 is 2.85 bits per heavy atom. The van der Waals surface area contributed by atoms with Gasteiger partial charge in [-0.3, -0.25) is 19.7 Å². The molecule has 27 heavy (non-hydrogen) atoms. The third-order valence-corrected chi connectivity index (χ3v) is 5.61. The minimum absolute atomic E-state index is 0.0372. The van der Waals surface area contributed by atoms with Gasteiger partial charge < -0.3 is 20.6 Å². The predicted molar refractivity (Wildman–Crippen MR) is 96.6 cm³/mol. The van der Waals surface area contributed by atoms with Gasteiger partial charge in [0.1, 0.15) is 6.04 Å². The van der Waals surface area contributed by atoms with Crippen molar-refractivity contribution in [1.82, 2.24) is 20.9 Å². The number of hydrogen-bond acceptors (Lipinski definition) is 6. The molecule has 3 atom stereocenters. The van der Waals surface area contributed by atoms with E-state index < -0.39 is 18.1 Å². The number of aliphatic hydroxyl groups is 1. The summed E-state index contributed by atoms with van der Waals surface area (Å²) in [5, 5.41) is 18.8. The molecule has 3 aliphatic rings. The van der Waals surface area contributed by atoms with Gasteiger partial charge in [-0.2, -0.15) is 0 Å². The minimum Gasteiger partial charge on any atom is -0.390 e. The summed E-state index contributed by atoms with van der Waals surface area (Å²) in [6.07, 6.45) is 1.06. The third-order valence-electron chi connectivity index (χ3n) is 5.61. The Morgan fingerprint density at radius 1 is 1.22 bits per heavy atom. The molecule has 0 bridgehead atoms. The average Bonchev–Trinajstić information content (AvgIpc) is 2.97. The second-order valence-corrected chi connectivity index (χ2v) is 7.44. The third kappa shape index (κ3) is 3.60. The first-order valence-corrected chi connectivity index (χ1v) is 9.41. The molecule has 8 nitrogen and oxygen atoms in total. The van der Waals surface area contributed by atoms with Crippen molar-refractivity contribution in [3.8, 4) is 0 Å². The molecule has 2 saturated heterocycles. The van der Waals surface area contributed by atoms with Crippen LogP contribution in [0.1, 0.15) is 40.7 Å². The minimum atomic E-state index is -0.589. The van der Waals surface area contributed by atoms with Crippen LogP contribution in [0.25, 0.3) is 0 Å². The van der Waals surface area contributed by atoms with E-state index in [1.807, 2.05) is 18.2 Å². The van der Waals surface area contributed by atoms with Crippen molar-refractivity contribution in [1.29, 1.82) is 0 Å². The van der Waals surface area contributed by atoms with E-state index in [1.54, 1.807) is 4.90 Å². The second kappa shape index (κ2) is 7.38. The number of β-amino-alcohol motifs (C(OH)–C–C–N with tert-alkyl or cyclic N) is 1. The van der Waals surface area contributed by atoms with Crippen LogP contribution in [0.2, 0.25) is 0 Å². The molecule has 1 unspecified atom stereocenters. The number of fused-ring (bicyclic) bond motifs is 1. The zero-order valence-electron chi connectivity index (χ0n) is 15.0. The first kappa shape index (κ1) is 18.1. The number of imide groups is 1.